The zero-order valence-electron chi connectivity index (χ0n) is 7.38. The van der Waals surface area contributed by atoms with Crippen LogP contribution >= 0.6 is 11.6 Å². The van der Waals surface area contributed by atoms with E-state index in [1.807, 2.05) is 13.1 Å². The topological polar surface area (TPSA) is 34.2 Å². The van der Waals surface area contributed by atoms with Crippen LogP contribution in [0, 0.1) is 0 Å². The van der Waals surface area contributed by atoms with E-state index in [0.29, 0.717) is 17.0 Å². The van der Waals surface area contributed by atoms with Crippen LogP contribution in [-0.4, -0.2) is 18.1 Å². The van der Waals surface area contributed by atoms with Crippen molar-refractivity contribution in [2.45, 2.75) is 18.9 Å². The van der Waals surface area contributed by atoms with Crippen LogP contribution in [0.15, 0.2) is 12.3 Å². The van der Waals surface area contributed by atoms with Crippen molar-refractivity contribution >= 4 is 17.3 Å². The van der Waals surface area contributed by atoms with Crippen molar-refractivity contribution in [1.82, 2.24) is 4.98 Å². The first kappa shape index (κ1) is 8.63. The number of anilines is 1. The Morgan fingerprint density at radius 1 is 1.62 bits per heavy atom. The molecule has 0 bridgehead atoms. The third-order valence-electron chi connectivity index (χ3n) is 1.94. The molecule has 1 aliphatic rings. The molecule has 1 saturated carbocycles. The lowest BCUT2D eigenvalue weighted by atomic mass is 10.4. The van der Waals surface area contributed by atoms with E-state index in [1.165, 1.54) is 0 Å². The number of aromatic nitrogens is 1. The predicted molar refractivity (Wildman–Crippen MR) is 52.4 cm³/mol. The summed E-state index contributed by atoms with van der Waals surface area (Å²) < 4.78 is 5.62. The minimum Gasteiger partial charge on any atom is -0.485 e. The fourth-order valence-corrected chi connectivity index (χ4v) is 1.29. The molecule has 1 aromatic heterocycles. The number of nitrogens with zero attached hydrogens (tertiary/aromatic N) is 1. The maximum absolute atomic E-state index is 5.90. The molecular formula is C9H11ClN2O. The smallest absolute Gasteiger partial charge is 0.180 e. The van der Waals surface area contributed by atoms with Crippen molar-refractivity contribution in [3.8, 4) is 5.75 Å². The minimum atomic E-state index is 0.341. The summed E-state index contributed by atoms with van der Waals surface area (Å²) >= 11 is 5.90. The van der Waals surface area contributed by atoms with Gasteiger partial charge in [0.2, 0.25) is 0 Å². The fraction of sp³-hybridized carbons (Fsp3) is 0.444. The van der Waals surface area contributed by atoms with Crippen molar-refractivity contribution in [3.63, 3.8) is 0 Å². The number of pyridine rings is 1. The summed E-state index contributed by atoms with van der Waals surface area (Å²) in [6, 6.07) is 1.85. The van der Waals surface area contributed by atoms with Gasteiger partial charge in [0.05, 0.1) is 11.8 Å². The Morgan fingerprint density at radius 3 is 3.00 bits per heavy atom. The maximum Gasteiger partial charge on any atom is 0.180 e. The van der Waals surface area contributed by atoms with Gasteiger partial charge in [0.1, 0.15) is 0 Å². The van der Waals surface area contributed by atoms with E-state index >= 15 is 0 Å². The number of ether oxygens (including phenoxy) is 1. The van der Waals surface area contributed by atoms with Gasteiger partial charge in [-0.1, -0.05) is 11.6 Å². The highest BCUT2D eigenvalue weighted by Crippen LogP contribution is 2.35. The molecule has 0 saturated heterocycles. The second kappa shape index (κ2) is 3.42. The predicted octanol–water partition coefficient (Wildman–Crippen LogP) is 2.32. The Kier molecular flexibility index (Phi) is 2.27. The number of halogens is 1. The summed E-state index contributed by atoms with van der Waals surface area (Å²) in [5.41, 5.74) is 0.895. The summed E-state index contributed by atoms with van der Waals surface area (Å²) in [5.74, 6) is 0.675. The van der Waals surface area contributed by atoms with Crippen molar-refractivity contribution in [1.29, 1.82) is 0 Å². The summed E-state index contributed by atoms with van der Waals surface area (Å²) in [7, 11) is 1.84. The van der Waals surface area contributed by atoms with Crippen LogP contribution in [0.2, 0.25) is 5.15 Å². The molecule has 13 heavy (non-hydrogen) atoms. The molecule has 1 fully saturated rings. The highest BCUT2D eigenvalue weighted by molar-refractivity contribution is 6.31. The Hall–Kier alpha value is -0.960. The average Bonchev–Trinajstić information content (AvgIpc) is 2.92. The van der Waals surface area contributed by atoms with E-state index in [-0.39, 0.29) is 0 Å². The van der Waals surface area contributed by atoms with Crippen LogP contribution in [-0.2, 0) is 0 Å². The molecule has 3 nitrogen and oxygen atoms in total. The van der Waals surface area contributed by atoms with Crippen molar-refractivity contribution in [3.05, 3.63) is 17.4 Å². The van der Waals surface area contributed by atoms with E-state index in [2.05, 4.69) is 10.3 Å². The second-order valence-electron chi connectivity index (χ2n) is 3.05. The molecule has 1 aromatic rings. The maximum atomic E-state index is 5.90. The third-order valence-corrected chi connectivity index (χ3v) is 2.21. The molecule has 0 amide bonds. The van der Waals surface area contributed by atoms with Crippen LogP contribution in [0.5, 0.6) is 5.75 Å². The number of rotatable bonds is 3. The quantitative estimate of drug-likeness (QED) is 0.757. The number of hydrogen-bond donors (Lipinski definition) is 1. The summed E-state index contributed by atoms with van der Waals surface area (Å²) in [5, 5.41) is 3.45. The van der Waals surface area contributed by atoms with Gasteiger partial charge < -0.3 is 10.1 Å². The van der Waals surface area contributed by atoms with Crippen molar-refractivity contribution in [2.24, 2.45) is 0 Å². The molecule has 0 unspecified atom stereocenters. The lowest BCUT2D eigenvalue weighted by Gasteiger charge is -2.10. The van der Waals surface area contributed by atoms with Gasteiger partial charge in [0.15, 0.2) is 10.9 Å². The van der Waals surface area contributed by atoms with E-state index in [1.54, 1.807) is 6.20 Å². The molecule has 2 rings (SSSR count). The van der Waals surface area contributed by atoms with Crippen molar-refractivity contribution in [2.75, 3.05) is 12.4 Å². The first-order chi connectivity index (χ1) is 6.31. The highest BCUT2D eigenvalue weighted by atomic mass is 35.5. The SMILES string of the molecule is CNc1ccnc(Cl)c1OC1CC1. The van der Waals surface area contributed by atoms with Crippen LogP contribution in [0.3, 0.4) is 0 Å². The van der Waals surface area contributed by atoms with Gasteiger partial charge in [-0.25, -0.2) is 4.98 Å². The molecule has 4 heteroatoms. The molecule has 70 valence electrons. The third kappa shape index (κ3) is 1.86. The first-order valence-corrected chi connectivity index (χ1v) is 4.68. The van der Waals surface area contributed by atoms with Gasteiger partial charge in [0, 0.05) is 13.2 Å². The van der Waals surface area contributed by atoms with Gasteiger partial charge in [-0.2, -0.15) is 0 Å². The molecule has 0 spiro atoms. The molecular weight excluding hydrogens is 188 g/mol. The van der Waals surface area contributed by atoms with E-state index < -0.39 is 0 Å². The summed E-state index contributed by atoms with van der Waals surface area (Å²) in [6.45, 7) is 0. The zero-order chi connectivity index (χ0) is 9.26. The fourth-order valence-electron chi connectivity index (χ4n) is 1.08. The average molecular weight is 199 g/mol. The minimum absolute atomic E-state index is 0.341. The number of nitrogens with one attached hydrogen (secondary N) is 1. The molecule has 0 aliphatic heterocycles. The molecule has 0 aromatic carbocycles. The van der Waals surface area contributed by atoms with Crippen LogP contribution in [0.4, 0.5) is 5.69 Å². The van der Waals surface area contributed by atoms with Gasteiger partial charge >= 0.3 is 0 Å². The summed E-state index contributed by atoms with van der Waals surface area (Å²) in [6.07, 6.45) is 4.24. The lowest BCUT2D eigenvalue weighted by molar-refractivity contribution is 0.304. The molecule has 0 atom stereocenters. The van der Waals surface area contributed by atoms with Crippen molar-refractivity contribution < 1.29 is 4.74 Å². The number of hydrogen-bond acceptors (Lipinski definition) is 3. The largest absolute Gasteiger partial charge is 0.485 e. The van der Waals surface area contributed by atoms with E-state index in [9.17, 15) is 0 Å². The zero-order valence-corrected chi connectivity index (χ0v) is 8.14. The lowest BCUT2D eigenvalue weighted by Crippen LogP contribution is -2.01. The van der Waals surface area contributed by atoms with Gasteiger partial charge in [0.25, 0.3) is 0 Å². The van der Waals surface area contributed by atoms with Crippen LogP contribution < -0.4 is 10.1 Å². The monoisotopic (exact) mass is 198 g/mol. The van der Waals surface area contributed by atoms with E-state index in [0.717, 1.165) is 18.5 Å². The Balaban J connectivity index is 2.27. The first-order valence-electron chi connectivity index (χ1n) is 4.30. The molecule has 1 heterocycles. The Bertz CT molecular complexity index is 312. The molecule has 0 radical (unpaired) electrons. The normalized spacial score (nSPS) is 15.5. The van der Waals surface area contributed by atoms with E-state index in [4.69, 9.17) is 16.3 Å². The summed E-state index contributed by atoms with van der Waals surface area (Å²) in [4.78, 5) is 3.97. The van der Waals surface area contributed by atoms with Gasteiger partial charge in [-0.05, 0) is 18.9 Å². The van der Waals surface area contributed by atoms with Gasteiger partial charge in [-0.3, -0.25) is 0 Å². The van der Waals surface area contributed by atoms with Gasteiger partial charge in [-0.15, -0.1) is 0 Å². The Labute approximate surface area is 82.1 Å². The second-order valence-corrected chi connectivity index (χ2v) is 3.40. The molecule has 1 N–H and O–H groups in total. The highest BCUT2D eigenvalue weighted by Gasteiger charge is 2.25. The Morgan fingerprint density at radius 2 is 2.38 bits per heavy atom. The standard InChI is InChI=1S/C9H11ClN2O/c1-11-7-4-5-12-9(10)8(7)13-6-2-3-6/h4-6H,2-3H2,1H3,(H,11,12). The van der Waals surface area contributed by atoms with Crippen LogP contribution in [0.25, 0.3) is 0 Å². The van der Waals surface area contributed by atoms with Crippen LogP contribution in [0.1, 0.15) is 12.8 Å². The molecule has 1 aliphatic carbocycles.